The van der Waals surface area contributed by atoms with Crippen molar-refractivity contribution in [1.82, 2.24) is 0 Å². The molecule has 4 rings (SSSR count). The lowest BCUT2D eigenvalue weighted by Crippen LogP contribution is -1.74. The summed E-state index contributed by atoms with van der Waals surface area (Å²) in [7, 11) is 0. The van der Waals surface area contributed by atoms with Gasteiger partial charge in [0.25, 0.3) is 0 Å². The van der Waals surface area contributed by atoms with Crippen LogP contribution in [-0.2, 0) is 0 Å². The number of hydrogen-bond donors (Lipinski definition) is 0. The van der Waals surface area contributed by atoms with Crippen LogP contribution in [0.1, 0.15) is 0 Å². The van der Waals surface area contributed by atoms with E-state index in [1.165, 1.54) is 30.9 Å². The van der Waals surface area contributed by atoms with E-state index in [2.05, 4.69) is 58.4 Å². The Balaban J connectivity index is 2.28. The lowest BCUT2D eigenvalue weighted by atomic mass is 10.1. The van der Waals surface area contributed by atoms with Crippen molar-refractivity contribution in [3.05, 3.63) is 58.0 Å². The third kappa shape index (κ3) is 1.71. The molecule has 1 heterocycles. The van der Waals surface area contributed by atoms with Crippen LogP contribution in [0.4, 0.5) is 0 Å². The number of fused-ring (bicyclic) bond motifs is 4. The van der Waals surface area contributed by atoms with E-state index < -0.39 is 0 Å². The Hall–Kier alpha value is -1.09. The van der Waals surface area contributed by atoms with Gasteiger partial charge in [-0.2, -0.15) is 0 Å². The van der Waals surface area contributed by atoms with Crippen LogP contribution >= 0.6 is 38.9 Å². The normalized spacial score (nSPS) is 11.7. The van der Waals surface area contributed by atoms with Crippen LogP contribution in [0, 0.1) is 0 Å². The van der Waals surface area contributed by atoms with E-state index in [0.717, 1.165) is 9.50 Å². The predicted octanol–water partition coefficient (Wildman–Crippen LogP) is 6.62. The molecule has 19 heavy (non-hydrogen) atoms. The molecule has 0 atom stereocenters. The molecule has 0 unspecified atom stereocenters. The van der Waals surface area contributed by atoms with Crippen molar-refractivity contribution in [2.45, 2.75) is 0 Å². The molecule has 0 aliphatic heterocycles. The van der Waals surface area contributed by atoms with E-state index in [-0.39, 0.29) is 0 Å². The van der Waals surface area contributed by atoms with Gasteiger partial charge in [0.2, 0.25) is 0 Å². The quantitative estimate of drug-likeness (QED) is 0.335. The first kappa shape index (κ1) is 11.7. The Morgan fingerprint density at radius 2 is 1.63 bits per heavy atom. The maximum Gasteiger partial charge on any atom is 0.0555 e. The minimum atomic E-state index is 0.764. The monoisotopic (exact) mass is 346 g/mol. The van der Waals surface area contributed by atoms with Crippen molar-refractivity contribution < 1.29 is 0 Å². The van der Waals surface area contributed by atoms with Gasteiger partial charge in [-0.1, -0.05) is 35.9 Å². The Morgan fingerprint density at radius 3 is 2.42 bits per heavy atom. The largest absolute Gasteiger partial charge is 0.135 e. The smallest absolute Gasteiger partial charge is 0.0555 e. The Morgan fingerprint density at radius 1 is 0.895 bits per heavy atom. The fourth-order valence-electron chi connectivity index (χ4n) is 2.49. The lowest BCUT2D eigenvalue weighted by Gasteiger charge is -2.00. The fraction of sp³-hybridized carbons (Fsp3) is 0. The molecule has 0 saturated carbocycles. The summed E-state index contributed by atoms with van der Waals surface area (Å²) < 4.78 is 3.56. The van der Waals surface area contributed by atoms with Crippen molar-refractivity contribution >= 4 is 69.8 Å². The maximum absolute atomic E-state index is 6.22. The molecule has 4 aromatic rings. The Bertz CT molecular complexity index is 940. The maximum atomic E-state index is 6.22. The van der Waals surface area contributed by atoms with Crippen molar-refractivity contribution in [3.63, 3.8) is 0 Å². The molecule has 0 spiro atoms. The molecule has 0 aliphatic rings. The second-order valence-corrected chi connectivity index (χ2v) is 6.82. The molecule has 3 aromatic carbocycles. The lowest BCUT2D eigenvalue weighted by molar-refractivity contribution is 1.78. The summed E-state index contributed by atoms with van der Waals surface area (Å²) in [5.74, 6) is 0. The highest BCUT2D eigenvalue weighted by Crippen LogP contribution is 2.42. The van der Waals surface area contributed by atoms with Gasteiger partial charge in [0.1, 0.15) is 0 Å². The summed E-state index contributed by atoms with van der Waals surface area (Å²) in [5.41, 5.74) is 0. The summed E-state index contributed by atoms with van der Waals surface area (Å²) in [6.45, 7) is 0. The van der Waals surface area contributed by atoms with Crippen LogP contribution in [0.2, 0.25) is 5.02 Å². The van der Waals surface area contributed by atoms with E-state index in [9.17, 15) is 0 Å². The molecule has 3 heteroatoms. The highest BCUT2D eigenvalue weighted by Gasteiger charge is 2.11. The number of hydrogen-bond acceptors (Lipinski definition) is 1. The van der Waals surface area contributed by atoms with Crippen molar-refractivity contribution in [1.29, 1.82) is 0 Å². The molecular formula is C16H8BrClS. The van der Waals surface area contributed by atoms with Gasteiger partial charge in [-0.3, -0.25) is 0 Å². The van der Waals surface area contributed by atoms with Gasteiger partial charge in [0.15, 0.2) is 0 Å². The van der Waals surface area contributed by atoms with Crippen LogP contribution in [0.25, 0.3) is 30.9 Å². The molecule has 0 aliphatic carbocycles. The van der Waals surface area contributed by atoms with Crippen LogP contribution in [0.3, 0.4) is 0 Å². The second kappa shape index (κ2) is 4.20. The van der Waals surface area contributed by atoms with Gasteiger partial charge in [-0.25, -0.2) is 0 Å². The van der Waals surface area contributed by atoms with E-state index in [1.807, 2.05) is 17.4 Å². The summed E-state index contributed by atoms with van der Waals surface area (Å²) in [5, 5.41) is 5.80. The van der Waals surface area contributed by atoms with Crippen molar-refractivity contribution in [3.8, 4) is 0 Å². The average molecular weight is 348 g/mol. The SMILES string of the molecule is Clc1ccc2sc3cc4ccccc4cc3c2c1Br. The zero-order chi connectivity index (χ0) is 13.0. The minimum Gasteiger partial charge on any atom is -0.135 e. The molecule has 0 saturated heterocycles. The van der Waals surface area contributed by atoms with Crippen molar-refractivity contribution in [2.75, 3.05) is 0 Å². The van der Waals surface area contributed by atoms with Gasteiger partial charge in [0.05, 0.1) is 5.02 Å². The fourth-order valence-corrected chi connectivity index (χ4v) is 4.48. The topological polar surface area (TPSA) is 0 Å². The van der Waals surface area contributed by atoms with Gasteiger partial charge in [-0.15, -0.1) is 11.3 Å². The zero-order valence-corrected chi connectivity index (χ0v) is 12.9. The van der Waals surface area contributed by atoms with Gasteiger partial charge >= 0.3 is 0 Å². The van der Waals surface area contributed by atoms with Crippen molar-refractivity contribution in [2.24, 2.45) is 0 Å². The summed E-state index contributed by atoms with van der Waals surface area (Å²) in [6.07, 6.45) is 0. The summed E-state index contributed by atoms with van der Waals surface area (Å²) in [6, 6.07) is 17.0. The Kier molecular flexibility index (Phi) is 2.59. The molecule has 92 valence electrons. The number of thiophene rings is 1. The number of benzene rings is 3. The highest BCUT2D eigenvalue weighted by atomic mass is 79.9. The molecule has 0 fully saturated rings. The Labute approximate surface area is 127 Å². The van der Waals surface area contributed by atoms with Gasteiger partial charge in [-0.05, 0) is 51.0 Å². The van der Waals surface area contributed by atoms with E-state index in [0.29, 0.717) is 0 Å². The standard InChI is InChI=1S/C16H8BrClS/c17-16-12(18)5-6-13-15(16)11-7-9-3-1-2-4-10(9)8-14(11)19-13/h1-8H. The van der Waals surface area contributed by atoms with Crippen LogP contribution in [0.5, 0.6) is 0 Å². The minimum absolute atomic E-state index is 0.764. The number of halogens is 2. The zero-order valence-electron chi connectivity index (χ0n) is 9.78. The molecule has 0 bridgehead atoms. The molecule has 0 amide bonds. The van der Waals surface area contributed by atoms with Gasteiger partial charge < -0.3 is 0 Å². The molecule has 0 radical (unpaired) electrons. The molecular weight excluding hydrogens is 340 g/mol. The first-order chi connectivity index (χ1) is 9.24. The predicted molar refractivity (Wildman–Crippen MR) is 89.5 cm³/mol. The summed E-state index contributed by atoms with van der Waals surface area (Å²) >= 11 is 11.7. The molecule has 0 nitrogen and oxygen atoms in total. The third-order valence-electron chi connectivity index (χ3n) is 3.39. The third-order valence-corrected chi connectivity index (χ3v) is 5.88. The summed E-state index contributed by atoms with van der Waals surface area (Å²) in [4.78, 5) is 0. The highest BCUT2D eigenvalue weighted by molar-refractivity contribution is 9.10. The molecule has 0 N–H and O–H groups in total. The second-order valence-electron chi connectivity index (χ2n) is 4.53. The van der Waals surface area contributed by atoms with E-state index >= 15 is 0 Å². The first-order valence-electron chi connectivity index (χ1n) is 5.93. The van der Waals surface area contributed by atoms with Crippen LogP contribution < -0.4 is 0 Å². The van der Waals surface area contributed by atoms with Gasteiger partial charge in [0, 0.05) is 24.6 Å². The van der Waals surface area contributed by atoms with E-state index in [1.54, 1.807) is 0 Å². The molecule has 1 aromatic heterocycles. The first-order valence-corrected chi connectivity index (χ1v) is 7.92. The van der Waals surface area contributed by atoms with Crippen LogP contribution in [0.15, 0.2) is 53.0 Å². The van der Waals surface area contributed by atoms with Crippen LogP contribution in [-0.4, -0.2) is 0 Å². The average Bonchev–Trinajstić information content (AvgIpc) is 2.78. The number of rotatable bonds is 0. The van der Waals surface area contributed by atoms with E-state index in [4.69, 9.17) is 11.6 Å².